The average Bonchev–Trinajstić information content (AvgIpc) is 2.15. The largest absolute Gasteiger partial charge is 0.387 e. The van der Waals surface area contributed by atoms with Crippen LogP contribution in [0.15, 0.2) is 18.2 Å². The van der Waals surface area contributed by atoms with E-state index in [4.69, 9.17) is 17.3 Å². The number of aliphatic hydroxyl groups excluding tert-OH is 1. The van der Waals surface area contributed by atoms with E-state index in [2.05, 4.69) is 0 Å². The molecule has 0 fully saturated rings. The Labute approximate surface area is 89.7 Å². The molecule has 0 unspecified atom stereocenters. The lowest BCUT2D eigenvalue weighted by molar-refractivity contribution is 0.144. The normalized spacial score (nSPS) is 15.2. The van der Waals surface area contributed by atoms with Gasteiger partial charge in [-0.05, 0) is 36.6 Å². The van der Waals surface area contributed by atoms with Gasteiger partial charge < -0.3 is 10.8 Å². The molecule has 14 heavy (non-hydrogen) atoms. The van der Waals surface area contributed by atoms with Crippen LogP contribution in [0, 0.1) is 6.92 Å². The van der Waals surface area contributed by atoms with E-state index in [9.17, 15) is 5.11 Å². The van der Waals surface area contributed by atoms with E-state index in [0.717, 1.165) is 17.5 Å². The van der Waals surface area contributed by atoms with Crippen molar-refractivity contribution < 1.29 is 5.11 Å². The van der Waals surface area contributed by atoms with Crippen molar-refractivity contribution >= 4 is 11.6 Å². The zero-order valence-corrected chi connectivity index (χ0v) is 9.25. The number of hydrogen-bond acceptors (Lipinski definition) is 2. The quantitative estimate of drug-likeness (QED) is 0.810. The molecule has 2 atom stereocenters. The summed E-state index contributed by atoms with van der Waals surface area (Å²) in [5.41, 5.74) is 7.62. The van der Waals surface area contributed by atoms with Crippen molar-refractivity contribution in [2.45, 2.75) is 32.4 Å². The third-order valence-corrected chi connectivity index (χ3v) is 2.66. The van der Waals surface area contributed by atoms with E-state index in [1.54, 1.807) is 6.07 Å². The molecule has 2 nitrogen and oxygen atoms in total. The predicted octanol–water partition coefficient (Wildman–Crippen LogP) is 2.42. The molecule has 3 heteroatoms. The molecule has 0 spiro atoms. The monoisotopic (exact) mass is 213 g/mol. The minimum atomic E-state index is -0.600. The van der Waals surface area contributed by atoms with E-state index in [-0.39, 0.29) is 6.04 Å². The zero-order chi connectivity index (χ0) is 10.7. The van der Waals surface area contributed by atoms with Gasteiger partial charge in [0.1, 0.15) is 0 Å². The Kier molecular flexibility index (Phi) is 3.93. The summed E-state index contributed by atoms with van der Waals surface area (Å²) in [6.45, 7) is 3.88. The van der Waals surface area contributed by atoms with Crippen LogP contribution >= 0.6 is 11.6 Å². The van der Waals surface area contributed by atoms with Crippen LogP contribution in [-0.4, -0.2) is 11.1 Å². The third kappa shape index (κ3) is 2.47. The van der Waals surface area contributed by atoms with Gasteiger partial charge in [0.25, 0.3) is 0 Å². The number of rotatable bonds is 3. The van der Waals surface area contributed by atoms with Gasteiger partial charge in [-0.2, -0.15) is 0 Å². The molecule has 0 aromatic heterocycles. The lowest BCUT2D eigenvalue weighted by Gasteiger charge is -2.19. The minimum Gasteiger partial charge on any atom is -0.387 e. The van der Waals surface area contributed by atoms with E-state index in [0.29, 0.717) is 5.02 Å². The van der Waals surface area contributed by atoms with Crippen molar-refractivity contribution in [3.63, 3.8) is 0 Å². The van der Waals surface area contributed by atoms with Gasteiger partial charge in [0.15, 0.2) is 0 Å². The molecule has 1 aromatic rings. The van der Waals surface area contributed by atoms with E-state index in [1.807, 2.05) is 26.0 Å². The molecule has 0 radical (unpaired) electrons. The average molecular weight is 214 g/mol. The number of nitrogens with two attached hydrogens (primary N) is 1. The van der Waals surface area contributed by atoms with Crippen LogP contribution in [-0.2, 0) is 0 Å². The Morgan fingerprint density at radius 3 is 2.64 bits per heavy atom. The van der Waals surface area contributed by atoms with Crippen molar-refractivity contribution in [1.29, 1.82) is 0 Å². The van der Waals surface area contributed by atoms with Gasteiger partial charge in [-0.25, -0.2) is 0 Å². The van der Waals surface area contributed by atoms with Crippen molar-refractivity contribution in [3.05, 3.63) is 34.3 Å². The molecule has 1 rings (SSSR count). The predicted molar refractivity (Wildman–Crippen MR) is 59.4 cm³/mol. The Hall–Kier alpha value is -0.570. The Balaban J connectivity index is 2.95. The summed E-state index contributed by atoms with van der Waals surface area (Å²) in [5, 5.41) is 10.6. The van der Waals surface area contributed by atoms with Crippen LogP contribution in [0.3, 0.4) is 0 Å². The summed E-state index contributed by atoms with van der Waals surface area (Å²) in [6, 6.07) is 5.23. The number of aryl methyl sites for hydroxylation is 1. The molecule has 0 aliphatic carbocycles. The SMILES string of the molecule is CC[C@H](N)[C@@H](O)c1ccc(Cl)cc1C. The highest BCUT2D eigenvalue weighted by molar-refractivity contribution is 6.30. The second kappa shape index (κ2) is 4.78. The standard InChI is InChI=1S/C11H16ClNO/c1-3-10(13)11(14)9-5-4-8(12)6-7(9)2/h4-6,10-11,14H,3,13H2,1-2H3/t10-,11-/m0/s1. The van der Waals surface area contributed by atoms with Crippen LogP contribution in [0.1, 0.15) is 30.6 Å². The van der Waals surface area contributed by atoms with Crippen molar-refractivity contribution in [2.24, 2.45) is 5.73 Å². The number of halogens is 1. The zero-order valence-electron chi connectivity index (χ0n) is 8.50. The molecule has 1 aromatic carbocycles. The fraction of sp³-hybridized carbons (Fsp3) is 0.455. The highest BCUT2D eigenvalue weighted by Gasteiger charge is 2.16. The molecule has 78 valence electrons. The van der Waals surface area contributed by atoms with Gasteiger partial charge in [-0.15, -0.1) is 0 Å². The molecular weight excluding hydrogens is 198 g/mol. The van der Waals surface area contributed by atoms with Crippen LogP contribution in [0.5, 0.6) is 0 Å². The molecule has 0 aliphatic rings. The number of aliphatic hydroxyl groups is 1. The van der Waals surface area contributed by atoms with Gasteiger partial charge in [-0.3, -0.25) is 0 Å². The van der Waals surface area contributed by atoms with Crippen molar-refractivity contribution in [1.82, 2.24) is 0 Å². The minimum absolute atomic E-state index is 0.213. The third-order valence-electron chi connectivity index (χ3n) is 2.43. The van der Waals surface area contributed by atoms with Gasteiger partial charge >= 0.3 is 0 Å². The molecule has 0 amide bonds. The molecular formula is C11H16ClNO. The second-order valence-corrected chi connectivity index (χ2v) is 3.95. The Morgan fingerprint density at radius 1 is 1.50 bits per heavy atom. The van der Waals surface area contributed by atoms with Gasteiger partial charge in [0.05, 0.1) is 6.10 Å². The summed E-state index contributed by atoms with van der Waals surface area (Å²) in [4.78, 5) is 0. The maximum Gasteiger partial charge on any atom is 0.0943 e. The summed E-state index contributed by atoms with van der Waals surface area (Å²) in [7, 11) is 0. The maximum atomic E-state index is 9.89. The molecule has 0 bridgehead atoms. The smallest absolute Gasteiger partial charge is 0.0943 e. The highest BCUT2D eigenvalue weighted by atomic mass is 35.5. The number of hydrogen-bond donors (Lipinski definition) is 2. The molecule has 0 heterocycles. The number of benzene rings is 1. The summed E-state index contributed by atoms with van der Waals surface area (Å²) >= 11 is 5.82. The molecule has 3 N–H and O–H groups in total. The van der Waals surface area contributed by atoms with E-state index in [1.165, 1.54) is 0 Å². The highest BCUT2D eigenvalue weighted by Crippen LogP contribution is 2.23. The van der Waals surface area contributed by atoms with Crippen molar-refractivity contribution in [3.8, 4) is 0 Å². The topological polar surface area (TPSA) is 46.2 Å². The summed E-state index contributed by atoms with van der Waals surface area (Å²) in [6.07, 6.45) is 0.153. The first-order chi connectivity index (χ1) is 6.56. The fourth-order valence-corrected chi connectivity index (χ4v) is 1.65. The van der Waals surface area contributed by atoms with Crippen molar-refractivity contribution in [2.75, 3.05) is 0 Å². The first kappa shape index (κ1) is 11.5. The van der Waals surface area contributed by atoms with Crippen LogP contribution in [0.2, 0.25) is 5.02 Å². The Bertz CT molecular complexity index is 314. The van der Waals surface area contributed by atoms with Gasteiger partial charge in [0.2, 0.25) is 0 Å². The molecule has 0 aliphatic heterocycles. The van der Waals surface area contributed by atoms with E-state index < -0.39 is 6.10 Å². The van der Waals surface area contributed by atoms with Crippen LogP contribution in [0.25, 0.3) is 0 Å². The summed E-state index contributed by atoms with van der Waals surface area (Å²) < 4.78 is 0. The van der Waals surface area contributed by atoms with Gasteiger partial charge in [0, 0.05) is 11.1 Å². The lowest BCUT2D eigenvalue weighted by Crippen LogP contribution is -2.27. The molecule has 0 saturated carbocycles. The lowest BCUT2D eigenvalue weighted by atomic mass is 9.97. The first-order valence-electron chi connectivity index (χ1n) is 4.76. The second-order valence-electron chi connectivity index (χ2n) is 3.52. The Morgan fingerprint density at radius 2 is 2.14 bits per heavy atom. The molecule has 0 saturated heterocycles. The van der Waals surface area contributed by atoms with Crippen LogP contribution in [0.4, 0.5) is 0 Å². The van der Waals surface area contributed by atoms with Crippen LogP contribution < -0.4 is 5.73 Å². The van der Waals surface area contributed by atoms with Gasteiger partial charge in [-0.1, -0.05) is 24.6 Å². The fourth-order valence-electron chi connectivity index (χ4n) is 1.42. The summed E-state index contributed by atoms with van der Waals surface area (Å²) in [5.74, 6) is 0. The van der Waals surface area contributed by atoms with E-state index >= 15 is 0 Å². The maximum absolute atomic E-state index is 9.89. The first-order valence-corrected chi connectivity index (χ1v) is 5.13.